The average molecular weight is 460 g/mol. The highest BCUT2D eigenvalue weighted by Crippen LogP contribution is 2.47. The van der Waals surface area contributed by atoms with Crippen molar-refractivity contribution in [2.24, 2.45) is 0 Å². The molecule has 1 aromatic carbocycles. The highest BCUT2D eigenvalue weighted by Gasteiger charge is 2.51. The maximum atomic E-state index is 13.1. The number of pyridine rings is 1. The summed E-state index contributed by atoms with van der Waals surface area (Å²) in [5.74, 6) is 0.0611. The van der Waals surface area contributed by atoms with Crippen LogP contribution in [0.5, 0.6) is 0 Å². The zero-order valence-corrected chi connectivity index (χ0v) is 19.1. The van der Waals surface area contributed by atoms with Crippen LogP contribution in [0.25, 0.3) is 6.08 Å². The molecular weight excluding hydrogens is 430 g/mol. The zero-order valence-electron chi connectivity index (χ0n) is 19.1. The maximum Gasteiger partial charge on any atom is 0.251 e. The largest absolute Gasteiger partial charge is 0.353 e. The molecule has 3 aliphatic rings. The Kier molecular flexibility index (Phi) is 6.15. The molecule has 8 heteroatoms. The Labute approximate surface area is 198 Å². The van der Waals surface area contributed by atoms with Crippen LogP contribution in [-0.2, 0) is 27.8 Å². The molecule has 0 saturated heterocycles. The number of hydrogen-bond donors (Lipinski definition) is 4. The second-order valence-electron chi connectivity index (χ2n) is 9.22. The Balaban J connectivity index is 1.43. The van der Waals surface area contributed by atoms with Crippen LogP contribution in [0.2, 0.25) is 0 Å². The number of carbonyl (C=O) groups excluding carboxylic acids is 3. The molecule has 2 aliphatic heterocycles. The Morgan fingerprint density at radius 3 is 2.71 bits per heavy atom. The summed E-state index contributed by atoms with van der Waals surface area (Å²) >= 11 is 0. The lowest BCUT2D eigenvalue weighted by atomic mass is 9.79. The van der Waals surface area contributed by atoms with Crippen molar-refractivity contribution in [1.82, 2.24) is 20.9 Å². The van der Waals surface area contributed by atoms with E-state index in [2.05, 4.69) is 44.5 Å². The first kappa shape index (κ1) is 22.3. The first-order valence-electron chi connectivity index (χ1n) is 11.9. The molecule has 1 aliphatic carbocycles. The third-order valence-electron chi connectivity index (χ3n) is 6.86. The van der Waals surface area contributed by atoms with Crippen molar-refractivity contribution in [2.75, 3.05) is 31.5 Å². The molecule has 3 heterocycles. The number of fused-ring (bicyclic) bond motifs is 2. The van der Waals surface area contributed by atoms with Gasteiger partial charge in [-0.15, -0.1) is 0 Å². The second kappa shape index (κ2) is 9.38. The van der Waals surface area contributed by atoms with Crippen molar-refractivity contribution in [3.8, 4) is 0 Å². The molecule has 1 aromatic heterocycles. The van der Waals surface area contributed by atoms with Gasteiger partial charge in [0.25, 0.3) is 5.91 Å². The third kappa shape index (κ3) is 4.33. The first-order chi connectivity index (χ1) is 16.5. The lowest BCUT2D eigenvalue weighted by Gasteiger charge is -2.20. The highest BCUT2D eigenvalue weighted by atomic mass is 16.2. The summed E-state index contributed by atoms with van der Waals surface area (Å²) in [6, 6.07) is 7.59. The summed E-state index contributed by atoms with van der Waals surface area (Å²) in [6.07, 6.45) is 10.2. The number of benzene rings is 1. The van der Waals surface area contributed by atoms with Crippen molar-refractivity contribution in [3.63, 3.8) is 0 Å². The van der Waals surface area contributed by atoms with Gasteiger partial charge >= 0.3 is 0 Å². The Morgan fingerprint density at radius 1 is 0.912 bits per heavy atom. The number of nitrogens with zero attached hydrogens (tertiary/aromatic N) is 1. The fraction of sp³-hybridized carbons (Fsp3) is 0.385. The fourth-order valence-electron chi connectivity index (χ4n) is 5.03. The van der Waals surface area contributed by atoms with Crippen LogP contribution in [-0.4, -0.2) is 48.9 Å². The number of amides is 3. The van der Waals surface area contributed by atoms with Gasteiger partial charge in [0.2, 0.25) is 11.8 Å². The summed E-state index contributed by atoms with van der Waals surface area (Å²) in [5.41, 5.74) is 3.73. The van der Waals surface area contributed by atoms with E-state index in [9.17, 15) is 14.4 Å². The lowest BCUT2D eigenvalue weighted by molar-refractivity contribution is -0.121. The zero-order chi connectivity index (χ0) is 23.5. The topological polar surface area (TPSA) is 112 Å². The summed E-state index contributed by atoms with van der Waals surface area (Å²) in [6.45, 7) is 2.02. The van der Waals surface area contributed by atoms with Crippen molar-refractivity contribution in [2.45, 2.75) is 37.5 Å². The van der Waals surface area contributed by atoms with Crippen LogP contribution in [0, 0.1) is 0 Å². The van der Waals surface area contributed by atoms with E-state index in [1.54, 1.807) is 12.3 Å². The van der Waals surface area contributed by atoms with Gasteiger partial charge < -0.3 is 21.3 Å². The molecular formula is C26H29N5O3. The van der Waals surface area contributed by atoms with Crippen molar-refractivity contribution < 1.29 is 14.4 Å². The molecule has 5 rings (SSSR count). The molecule has 8 nitrogen and oxygen atoms in total. The quantitative estimate of drug-likeness (QED) is 0.479. The number of allylic oxidation sites excluding steroid dienone is 1. The Bertz CT molecular complexity index is 1180. The highest BCUT2D eigenvalue weighted by molar-refractivity contribution is 6.06. The monoisotopic (exact) mass is 459 g/mol. The number of rotatable bonds is 0. The van der Waals surface area contributed by atoms with Gasteiger partial charge in [-0.25, -0.2) is 4.98 Å². The van der Waals surface area contributed by atoms with Crippen LogP contribution in [0.15, 0.2) is 36.5 Å². The summed E-state index contributed by atoms with van der Waals surface area (Å²) < 4.78 is 0. The predicted molar refractivity (Wildman–Crippen MR) is 129 cm³/mol. The van der Waals surface area contributed by atoms with Gasteiger partial charge in [0.05, 0.1) is 12.0 Å². The maximum absolute atomic E-state index is 13.1. The number of nitrogens with one attached hydrogen (secondary N) is 4. The second-order valence-corrected chi connectivity index (χ2v) is 9.22. The first-order valence-corrected chi connectivity index (χ1v) is 11.9. The van der Waals surface area contributed by atoms with Crippen LogP contribution in [0.3, 0.4) is 0 Å². The van der Waals surface area contributed by atoms with Crippen LogP contribution < -0.4 is 21.3 Å². The van der Waals surface area contributed by atoms with Crippen LogP contribution >= 0.6 is 0 Å². The van der Waals surface area contributed by atoms with E-state index in [1.165, 1.54) is 0 Å². The van der Waals surface area contributed by atoms with E-state index in [4.69, 9.17) is 0 Å². The van der Waals surface area contributed by atoms with Crippen molar-refractivity contribution in [3.05, 3.63) is 64.4 Å². The lowest BCUT2D eigenvalue weighted by Crippen LogP contribution is -2.39. The smallest absolute Gasteiger partial charge is 0.251 e. The van der Waals surface area contributed by atoms with Gasteiger partial charge in [0, 0.05) is 30.4 Å². The minimum absolute atomic E-state index is 0.0445. The molecule has 1 spiro atoms. The molecule has 34 heavy (non-hydrogen) atoms. The van der Waals surface area contributed by atoms with E-state index in [0.29, 0.717) is 37.3 Å². The molecule has 5 bridgehead atoms. The van der Waals surface area contributed by atoms with Gasteiger partial charge in [0.15, 0.2) is 0 Å². The summed E-state index contributed by atoms with van der Waals surface area (Å²) in [4.78, 5) is 42.4. The molecule has 0 saturated carbocycles. The number of anilines is 1. The SMILES string of the molecule is O=C1CNC(=O)c2ccc3c(c2)CC2(C3)C(=O)Nc3ncc(cc32)C=CCCCCNCCN1. The Hall–Kier alpha value is -3.52. The van der Waals surface area contributed by atoms with E-state index >= 15 is 0 Å². The number of aromatic nitrogens is 1. The van der Waals surface area contributed by atoms with E-state index in [1.807, 2.05) is 12.1 Å². The van der Waals surface area contributed by atoms with Gasteiger partial charge in [-0.3, -0.25) is 14.4 Å². The number of carbonyl (C=O) groups is 3. The van der Waals surface area contributed by atoms with E-state index in [-0.39, 0.29) is 24.3 Å². The normalized spacial score (nSPS) is 23.0. The van der Waals surface area contributed by atoms with Crippen LogP contribution in [0.4, 0.5) is 5.82 Å². The van der Waals surface area contributed by atoms with Gasteiger partial charge in [-0.05, 0) is 73.5 Å². The standard InChI is InChI=1S/C26H29N5O3/c32-22-16-30-24(33)18-6-7-19-13-26(14-20(19)12-18)21-11-17(15-29-23(21)31-25(26)34)5-3-1-2-4-8-27-9-10-28-22/h3,5-7,11-12,15,27H,1-2,4,8-10,13-14,16H2,(H,28,32)(H,30,33)(H,29,31,34). The predicted octanol–water partition coefficient (Wildman–Crippen LogP) is 1.70. The molecule has 0 fully saturated rings. The molecule has 2 aromatic rings. The summed E-state index contributed by atoms with van der Waals surface area (Å²) in [5, 5.41) is 11.8. The van der Waals surface area contributed by atoms with E-state index in [0.717, 1.165) is 48.1 Å². The van der Waals surface area contributed by atoms with Gasteiger partial charge in [0.1, 0.15) is 5.82 Å². The average Bonchev–Trinajstić information content (AvgIpc) is 3.35. The van der Waals surface area contributed by atoms with Crippen molar-refractivity contribution >= 4 is 29.6 Å². The molecule has 1 unspecified atom stereocenters. The minimum Gasteiger partial charge on any atom is -0.353 e. The molecule has 4 N–H and O–H groups in total. The fourth-order valence-corrected chi connectivity index (χ4v) is 5.03. The van der Waals surface area contributed by atoms with Crippen LogP contribution in [0.1, 0.15) is 51.9 Å². The summed E-state index contributed by atoms with van der Waals surface area (Å²) in [7, 11) is 0. The molecule has 1 atom stereocenters. The van der Waals surface area contributed by atoms with Gasteiger partial charge in [-0.1, -0.05) is 18.2 Å². The molecule has 0 radical (unpaired) electrons. The van der Waals surface area contributed by atoms with Gasteiger partial charge in [-0.2, -0.15) is 0 Å². The van der Waals surface area contributed by atoms with Crippen molar-refractivity contribution in [1.29, 1.82) is 0 Å². The third-order valence-corrected chi connectivity index (χ3v) is 6.86. The Morgan fingerprint density at radius 2 is 1.79 bits per heavy atom. The molecule has 176 valence electrons. The van der Waals surface area contributed by atoms with E-state index < -0.39 is 5.41 Å². The minimum atomic E-state index is -0.702. The molecule has 3 amide bonds. The number of hydrogen-bond acceptors (Lipinski definition) is 5.